The average Bonchev–Trinajstić information content (AvgIpc) is 1.99. The van der Waals surface area contributed by atoms with Gasteiger partial charge in [0.1, 0.15) is 33.7 Å². The number of imidazole rings is 2. The van der Waals surface area contributed by atoms with Crippen molar-refractivity contribution in [2.75, 3.05) is 72.4 Å². The predicted octanol–water partition coefficient (Wildman–Crippen LogP) is 9.52. The third kappa shape index (κ3) is 13.2. The van der Waals surface area contributed by atoms with Gasteiger partial charge in [0, 0.05) is 55.8 Å². The quantitative estimate of drug-likeness (QED) is 0.0635. The minimum absolute atomic E-state index is 0.160. The Labute approximate surface area is 529 Å². The summed E-state index contributed by atoms with van der Waals surface area (Å²) in [6, 6.07) is 18.4. The summed E-state index contributed by atoms with van der Waals surface area (Å²) >= 11 is 5.78. The monoisotopic (exact) mass is 1250 g/mol. The fourth-order valence-electron chi connectivity index (χ4n) is 12.5. The van der Waals surface area contributed by atoms with Crippen LogP contribution in [0.15, 0.2) is 85.5 Å². The number of nitrogens with zero attached hydrogens (tertiary/aromatic N) is 13. The molecule has 22 nitrogen and oxygen atoms in total. The molecule has 0 unspecified atom stereocenters. The van der Waals surface area contributed by atoms with Crippen LogP contribution in [0.25, 0.3) is 67.1 Å². The molecule has 4 aliphatic rings. The number of halogens is 3. The van der Waals surface area contributed by atoms with Crippen molar-refractivity contribution in [1.82, 2.24) is 85.2 Å². The number of aromatic amines is 4. The lowest BCUT2D eigenvalue weighted by molar-refractivity contribution is 0.0718. The topological polar surface area (TPSA) is 269 Å². The third-order valence-electron chi connectivity index (χ3n) is 18.0. The van der Waals surface area contributed by atoms with E-state index in [1.165, 1.54) is 62.6 Å². The van der Waals surface area contributed by atoms with Gasteiger partial charge >= 0.3 is 0 Å². The molecular weight excluding hydrogens is 1180 g/mol. The van der Waals surface area contributed by atoms with Crippen LogP contribution in [0.4, 0.5) is 14.6 Å². The molecule has 7 N–H and O–H groups in total. The largest absolute Gasteiger partial charge is 0.505 e. The van der Waals surface area contributed by atoms with Crippen molar-refractivity contribution in [3.8, 4) is 56.8 Å². The molecule has 4 aliphatic heterocycles. The number of anilines is 1. The zero-order chi connectivity index (χ0) is 63.6. The van der Waals surface area contributed by atoms with Crippen LogP contribution in [0.3, 0.4) is 0 Å². The van der Waals surface area contributed by atoms with Crippen LogP contribution in [0.1, 0.15) is 94.4 Å². The predicted molar refractivity (Wildman–Crippen MR) is 345 cm³/mol. The Bertz CT molecular complexity index is 4270. The van der Waals surface area contributed by atoms with Gasteiger partial charge in [-0.2, -0.15) is 10.2 Å². The Balaban J connectivity index is 0.000000157. The number of phenols is 2. The molecule has 14 rings (SSSR count). The van der Waals surface area contributed by atoms with Crippen LogP contribution in [-0.4, -0.2) is 181 Å². The number of H-pyrrole nitrogens is 4. The van der Waals surface area contributed by atoms with E-state index in [-0.39, 0.29) is 34.2 Å². The molecule has 6 aromatic heterocycles. The van der Waals surface area contributed by atoms with E-state index >= 15 is 0 Å². The first-order valence-corrected chi connectivity index (χ1v) is 31.2. The number of likely N-dealkylation sites (tertiary alicyclic amines) is 2. The third-order valence-corrected chi connectivity index (χ3v) is 18.2. The number of piperidine rings is 2. The first-order chi connectivity index (χ1) is 44.0. The number of rotatable bonds is 11. The van der Waals surface area contributed by atoms with Crippen LogP contribution in [0.5, 0.6) is 11.5 Å². The number of carbonyl (C=O) groups excluding carboxylic acids is 2. The lowest BCUT2D eigenvalue weighted by Crippen LogP contribution is -2.42. The van der Waals surface area contributed by atoms with Crippen LogP contribution in [-0.2, 0) is 38.8 Å². The Kier molecular flexibility index (Phi) is 18.2. The number of carbonyl (C=O) groups is 2. The Morgan fingerprint density at radius 1 is 0.637 bits per heavy atom. The molecule has 472 valence electrons. The molecule has 0 atom stereocenters. The maximum absolute atomic E-state index is 14.2. The maximum atomic E-state index is 14.2. The van der Waals surface area contributed by atoms with Gasteiger partial charge in [-0.05, 0) is 168 Å². The highest BCUT2D eigenvalue weighted by molar-refractivity contribution is 6.29. The molecule has 0 bridgehead atoms. The van der Waals surface area contributed by atoms with Gasteiger partial charge in [-0.15, -0.1) is 0 Å². The summed E-state index contributed by atoms with van der Waals surface area (Å²) in [5.41, 5.74) is 11.8. The number of amides is 2. The first-order valence-electron chi connectivity index (χ1n) is 30.8. The highest BCUT2D eigenvalue weighted by Crippen LogP contribution is 2.37. The van der Waals surface area contributed by atoms with Crippen molar-refractivity contribution >= 4 is 51.0 Å². The number of phenolic OH excluding ortho intramolecular Hbond substituents is 2. The van der Waals surface area contributed by atoms with Gasteiger partial charge in [0.15, 0.2) is 34.8 Å². The molecular formula is C66H73ClF2N18O4. The Morgan fingerprint density at radius 2 is 1.11 bits per heavy atom. The van der Waals surface area contributed by atoms with E-state index in [2.05, 4.69) is 91.5 Å². The number of aromatic nitrogens is 12. The molecule has 0 aliphatic carbocycles. The number of aromatic hydroxyl groups is 2. The number of hydrogen-bond acceptors (Lipinski definition) is 16. The van der Waals surface area contributed by atoms with Crippen LogP contribution >= 0.6 is 11.6 Å². The first kappa shape index (κ1) is 62.0. The zero-order valence-corrected chi connectivity index (χ0v) is 52.5. The van der Waals surface area contributed by atoms with Crippen molar-refractivity contribution < 1.29 is 28.6 Å². The van der Waals surface area contributed by atoms with E-state index < -0.39 is 11.6 Å². The van der Waals surface area contributed by atoms with Crippen molar-refractivity contribution in [1.29, 1.82) is 0 Å². The fraction of sp³-hybridized carbons (Fsp3) is 0.364. The minimum atomic E-state index is -0.658. The van der Waals surface area contributed by atoms with E-state index in [9.17, 15) is 28.6 Å². The number of fused-ring (bicyclic) bond motifs is 4. The molecule has 91 heavy (non-hydrogen) atoms. The molecule has 2 amide bonds. The molecule has 0 radical (unpaired) electrons. The van der Waals surface area contributed by atoms with E-state index in [0.717, 1.165) is 116 Å². The highest BCUT2D eigenvalue weighted by Gasteiger charge is 2.30. The SMILES string of the molecule is CCc1cc(O)c(F)cc1-c1ccc2c(-c3nc4c([nH]3)CN(C(=O)c3cnc(Cl)cn3)CC4)n[nH]c2c1.CCc1cc(O)c(F)cc1-c1ccc2c(-c3nc4c([nH]3)CN(C(=O)c3cnc(N(C)C5CCN(C)CC5)cn3)CC4)n[nH]c2c1.CNC1CCN(C)CC1. The second kappa shape index (κ2) is 26.7. The second-order valence-corrected chi connectivity index (χ2v) is 24.2. The summed E-state index contributed by atoms with van der Waals surface area (Å²) in [5, 5.41) is 40.0. The van der Waals surface area contributed by atoms with Gasteiger partial charge in [-0.3, -0.25) is 19.8 Å². The summed E-state index contributed by atoms with van der Waals surface area (Å²) in [7, 11) is 8.43. The van der Waals surface area contributed by atoms with Gasteiger partial charge in [0.2, 0.25) is 0 Å². The fourth-order valence-corrected chi connectivity index (χ4v) is 12.6. The van der Waals surface area contributed by atoms with Gasteiger partial charge in [0.05, 0.1) is 71.7 Å². The standard InChI is InChI=1S/C33H36FN9O2.C26H21ClFN7O2.C7H16N2/c1-4-19-14-29(44)24(34)15-23(19)20-5-6-22-26(13-20)39-40-31(22)32-37-25-9-12-43(18-28(25)38-32)33(45)27-16-36-30(17-35-27)42(3)21-7-10-41(2)11-8-21;1-2-13-8-22(36)17(28)9-16(13)14-3-4-15-19(7-14)33-34-24(15)25-31-18-5-6-35(12-21(18)32-25)26(37)20-10-30-23(27)11-29-20;1-8-7-3-5-9(2)6-4-7/h5-6,13-17,21,44H,4,7-12,18H2,1-3H3,(H,37,38)(H,39,40);3-4,7-11,36H,2,5-6,12H2,1H3,(H,31,32)(H,33,34);7-8H,3-6H2,1-2H3. The molecule has 0 saturated carbocycles. The van der Waals surface area contributed by atoms with E-state index in [0.29, 0.717) is 86.6 Å². The molecule has 0 spiro atoms. The summed E-state index contributed by atoms with van der Waals surface area (Å²) in [4.78, 5) is 70.0. The number of aryl methyl sites for hydroxylation is 2. The molecule has 25 heteroatoms. The zero-order valence-electron chi connectivity index (χ0n) is 51.7. The van der Waals surface area contributed by atoms with Crippen molar-refractivity contribution in [2.45, 2.75) is 90.4 Å². The molecule has 4 aromatic carbocycles. The van der Waals surface area contributed by atoms with Crippen molar-refractivity contribution in [3.63, 3.8) is 0 Å². The minimum Gasteiger partial charge on any atom is -0.505 e. The summed E-state index contributed by atoms with van der Waals surface area (Å²) in [6.45, 7) is 10.4. The van der Waals surface area contributed by atoms with Crippen LogP contribution in [0.2, 0.25) is 5.15 Å². The number of nitrogens with one attached hydrogen (secondary N) is 5. The van der Waals surface area contributed by atoms with Gasteiger partial charge in [0.25, 0.3) is 11.8 Å². The highest BCUT2D eigenvalue weighted by atomic mass is 35.5. The molecule has 10 heterocycles. The summed E-state index contributed by atoms with van der Waals surface area (Å²) < 4.78 is 28.3. The van der Waals surface area contributed by atoms with Crippen LogP contribution < -0.4 is 10.2 Å². The van der Waals surface area contributed by atoms with Gasteiger partial charge in [-0.25, -0.2) is 38.7 Å². The van der Waals surface area contributed by atoms with E-state index in [1.807, 2.05) is 57.3 Å². The van der Waals surface area contributed by atoms with Crippen molar-refractivity contribution in [2.24, 2.45) is 0 Å². The molecule has 2 saturated heterocycles. The Morgan fingerprint density at radius 3 is 1.55 bits per heavy atom. The normalized spacial score (nSPS) is 15.7. The summed E-state index contributed by atoms with van der Waals surface area (Å²) in [5.74, 6) is -0.384. The van der Waals surface area contributed by atoms with Gasteiger partial charge in [-0.1, -0.05) is 37.6 Å². The smallest absolute Gasteiger partial charge is 0.274 e. The lowest BCUT2D eigenvalue weighted by atomic mass is 9.96. The number of benzene rings is 4. The number of hydrogen-bond donors (Lipinski definition) is 7. The second-order valence-electron chi connectivity index (χ2n) is 23.8. The molecule has 2 fully saturated rings. The van der Waals surface area contributed by atoms with Crippen molar-refractivity contribution in [3.05, 3.63) is 148 Å². The van der Waals surface area contributed by atoms with Gasteiger partial charge < -0.3 is 50.0 Å². The van der Waals surface area contributed by atoms with Crippen LogP contribution in [0, 0.1) is 11.6 Å². The van der Waals surface area contributed by atoms with E-state index in [1.54, 1.807) is 22.2 Å². The summed E-state index contributed by atoms with van der Waals surface area (Å²) in [6.07, 6.45) is 13.3. The Hall–Kier alpha value is -9.23. The van der Waals surface area contributed by atoms with E-state index in [4.69, 9.17) is 21.6 Å². The maximum Gasteiger partial charge on any atom is 0.274 e. The molecule has 10 aromatic rings. The lowest BCUT2D eigenvalue weighted by Gasteiger charge is -2.35. The average molecular weight is 1260 g/mol.